The lowest BCUT2D eigenvalue weighted by atomic mass is 9.89. The van der Waals surface area contributed by atoms with Gasteiger partial charge in [0.15, 0.2) is 0 Å². The number of fused-ring (bicyclic) bond motifs is 3. The van der Waals surface area contributed by atoms with E-state index in [1.165, 1.54) is 88.6 Å². The van der Waals surface area contributed by atoms with Crippen LogP contribution in [0.5, 0.6) is 0 Å². The van der Waals surface area contributed by atoms with Crippen LogP contribution in [0, 0.1) is 0 Å². The molecule has 0 bridgehead atoms. The summed E-state index contributed by atoms with van der Waals surface area (Å²) in [6.07, 6.45) is 1.70. The van der Waals surface area contributed by atoms with Crippen molar-refractivity contribution in [1.29, 1.82) is 0 Å². The molecule has 0 unspecified atom stereocenters. The van der Waals surface area contributed by atoms with E-state index in [-0.39, 0.29) is 0 Å². The number of para-hydroxylation sites is 2. The second-order valence-electron chi connectivity index (χ2n) is 18.1. The van der Waals surface area contributed by atoms with Gasteiger partial charge in [-0.15, -0.1) is 0 Å². The summed E-state index contributed by atoms with van der Waals surface area (Å²) in [6, 6.07) is 102. The van der Waals surface area contributed by atoms with E-state index in [1.54, 1.807) is 0 Å². The highest BCUT2D eigenvalue weighted by molar-refractivity contribution is 6.10. The summed E-state index contributed by atoms with van der Waals surface area (Å²) in [4.78, 5) is 2.39. The van der Waals surface area contributed by atoms with E-state index in [0.717, 1.165) is 35.6 Å². The van der Waals surface area contributed by atoms with Crippen LogP contribution < -0.4 is 4.90 Å². The van der Waals surface area contributed by atoms with E-state index in [2.05, 4.69) is 289 Å². The molecule has 0 aliphatic rings. The van der Waals surface area contributed by atoms with Gasteiger partial charge in [0.05, 0.1) is 11.0 Å². The van der Waals surface area contributed by atoms with E-state index < -0.39 is 0 Å². The van der Waals surface area contributed by atoms with Crippen molar-refractivity contribution in [2.75, 3.05) is 4.90 Å². The number of hydrogen-bond donors (Lipinski definition) is 0. The molecule has 0 saturated heterocycles. The van der Waals surface area contributed by atoms with Crippen molar-refractivity contribution in [3.63, 3.8) is 0 Å². The van der Waals surface area contributed by atoms with Crippen LogP contribution in [0.2, 0.25) is 0 Å². The van der Waals surface area contributed by atoms with Crippen molar-refractivity contribution in [2.45, 2.75) is 12.8 Å². The first kappa shape index (κ1) is 42.4. The van der Waals surface area contributed by atoms with Gasteiger partial charge in [-0.1, -0.05) is 206 Å². The molecule has 0 radical (unpaired) electrons. The Labute approximate surface area is 410 Å². The fraction of sp³-hybridized carbons (Fsp3) is 0.0294. The molecule has 11 aromatic carbocycles. The Morgan fingerprint density at radius 1 is 0.271 bits per heavy atom. The lowest BCUT2D eigenvalue weighted by Gasteiger charge is -2.27. The molecule has 1 aromatic heterocycles. The lowest BCUT2D eigenvalue weighted by molar-refractivity contribution is 1.16. The first-order chi connectivity index (χ1) is 34.7. The van der Waals surface area contributed by atoms with Crippen molar-refractivity contribution < 1.29 is 0 Å². The van der Waals surface area contributed by atoms with E-state index in [1.807, 2.05) is 0 Å². The van der Waals surface area contributed by atoms with Gasteiger partial charge < -0.3 is 9.47 Å². The minimum Gasteiger partial charge on any atom is -0.310 e. The minimum atomic E-state index is 0.819. The Hall–Kier alpha value is -8.98. The number of hydrogen-bond acceptors (Lipinski definition) is 1. The summed E-state index contributed by atoms with van der Waals surface area (Å²) >= 11 is 0. The zero-order valence-corrected chi connectivity index (χ0v) is 38.9. The van der Waals surface area contributed by atoms with E-state index in [4.69, 9.17) is 0 Å². The summed E-state index contributed by atoms with van der Waals surface area (Å²) in [6.45, 7) is 0. The minimum absolute atomic E-state index is 0.819. The summed E-state index contributed by atoms with van der Waals surface area (Å²) in [5.74, 6) is 0. The predicted octanol–water partition coefficient (Wildman–Crippen LogP) is 18.1. The molecule has 0 saturated carbocycles. The lowest BCUT2D eigenvalue weighted by Crippen LogP contribution is -2.10. The standard InChI is InChI=1S/C68H50N2/c1-5-18-49(19-6-1)44-57-24-13-14-29-63(57)64-42-41-62(47-58(64)45-50-20-7-2-8-21-50)69(59-27-11-4-12-28-59)60-37-34-53(35-38-60)54-25-17-26-55(46-54)56-36-43-68-66(48-56)65-30-15-16-31-67(65)70(68)61-39-32-52(33-40-61)51-22-9-3-10-23-51/h1-43,46-48H,44-45H2. The van der Waals surface area contributed by atoms with Crippen LogP contribution in [0.15, 0.2) is 279 Å². The molecular weight excluding hydrogens is 845 g/mol. The second-order valence-corrected chi connectivity index (χ2v) is 18.1. The molecule has 1 heterocycles. The van der Waals surface area contributed by atoms with Crippen molar-refractivity contribution in [3.8, 4) is 50.2 Å². The van der Waals surface area contributed by atoms with Crippen LogP contribution in [0.25, 0.3) is 72.0 Å². The maximum Gasteiger partial charge on any atom is 0.0541 e. The molecule has 0 fully saturated rings. The molecule has 2 heteroatoms. The first-order valence-corrected chi connectivity index (χ1v) is 24.2. The highest BCUT2D eigenvalue weighted by Crippen LogP contribution is 2.41. The largest absolute Gasteiger partial charge is 0.310 e. The SMILES string of the molecule is c1ccc(Cc2ccccc2-c2ccc(N(c3ccccc3)c3ccc(-c4cccc(-c5ccc6c(c5)c5ccccc5n6-c5ccc(-c6ccccc6)cc5)c4)cc3)cc2Cc2ccccc2)cc1. The molecular formula is C68H50N2. The molecule has 2 nitrogen and oxygen atoms in total. The average molecular weight is 895 g/mol. The maximum atomic E-state index is 2.40. The zero-order valence-electron chi connectivity index (χ0n) is 38.9. The smallest absolute Gasteiger partial charge is 0.0541 e. The van der Waals surface area contributed by atoms with Gasteiger partial charge >= 0.3 is 0 Å². The number of anilines is 3. The fourth-order valence-electron chi connectivity index (χ4n) is 10.3. The van der Waals surface area contributed by atoms with Crippen LogP contribution in [0.1, 0.15) is 22.3 Å². The number of aromatic nitrogens is 1. The predicted molar refractivity (Wildman–Crippen MR) is 296 cm³/mol. The molecule has 12 aromatic rings. The molecule has 0 aliphatic carbocycles. The third kappa shape index (κ3) is 8.49. The Bertz CT molecular complexity index is 3730. The van der Waals surface area contributed by atoms with E-state index in [0.29, 0.717) is 0 Å². The van der Waals surface area contributed by atoms with Crippen molar-refractivity contribution in [2.24, 2.45) is 0 Å². The van der Waals surface area contributed by atoms with Gasteiger partial charge in [0.2, 0.25) is 0 Å². The van der Waals surface area contributed by atoms with Crippen molar-refractivity contribution in [3.05, 3.63) is 301 Å². The molecule has 0 aliphatic heterocycles. The third-order valence-electron chi connectivity index (χ3n) is 13.7. The average Bonchev–Trinajstić information content (AvgIpc) is 3.76. The Morgan fingerprint density at radius 3 is 1.47 bits per heavy atom. The number of rotatable bonds is 12. The summed E-state index contributed by atoms with van der Waals surface area (Å²) in [5, 5.41) is 2.49. The molecule has 0 atom stereocenters. The normalized spacial score (nSPS) is 11.3. The Kier molecular flexibility index (Phi) is 11.5. The third-order valence-corrected chi connectivity index (χ3v) is 13.7. The monoisotopic (exact) mass is 894 g/mol. The summed E-state index contributed by atoms with van der Waals surface area (Å²) in [7, 11) is 0. The Morgan fingerprint density at radius 2 is 0.743 bits per heavy atom. The van der Waals surface area contributed by atoms with Crippen LogP contribution in [-0.2, 0) is 12.8 Å². The maximum absolute atomic E-state index is 2.40. The molecule has 0 amide bonds. The van der Waals surface area contributed by atoms with Gasteiger partial charge in [0, 0.05) is 33.5 Å². The van der Waals surface area contributed by atoms with Gasteiger partial charge in [-0.25, -0.2) is 0 Å². The second kappa shape index (κ2) is 19.0. The molecule has 0 spiro atoms. The van der Waals surface area contributed by atoms with Crippen molar-refractivity contribution in [1.82, 2.24) is 4.57 Å². The number of benzene rings is 11. The van der Waals surface area contributed by atoms with E-state index >= 15 is 0 Å². The van der Waals surface area contributed by atoms with Crippen molar-refractivity contribution >= 4 is 38.9 Å². The fourth-order valence-corrected chi connectivity index (χ4v) is 10.3. The topological polar surface area (TPSA) is 8.17 Å². The highest BCUT2D eigenvalue weighted by atomic mass is 15.1. The van der Waals surface area contributed by atoms with Crippen LogP contribution in [0.3, 0.4) is 0 Å². The quantitative estimate of drug-likeness (QED) is 0.119. The van der Waals surface area contributed by atoms with Gasteiger partial charge in [-0.3, -0.25) is 0 Å². The summed E-state index contributed by atoms with van der Waals surface area (Å²) in [5.41, 5.74) is 21.8. The Balaban J connectivity index is 0.880. The van der Waals surface area contributed by atoms with Gasteiger partial charge in [0.25, 0.3) is 0 Å². The van der Waals surface area contributed by atoms with Gasteiger partial charge in [-0.2, -0.15) is 0 Å². The van der Waals surface area contributed by atoms with Crippen LogP contribution in [0.4, 0.5) is 17.1 Å². The molecule has 70 heavy (non-hydrogen) atoms. The molecule has 0 N–H and O–H groups in total. The van der Waals surface area contributed by atoms with Gasteiger partial charge in [-0.05, 0) is 152 Å². The number of nitrogens with zero attached hydrogens (tertiary/aromatic N) is 2. The van der Waals surface area contributed by atoms with Crippen LogP contribution >= 0.6 is 0 Å². The molecule has 12 rings (SSSR count). The zero-order chi connectivity index (χ0) is 46.6. The first-order valence-electron chi connectivity index (χ1n) is 24.2. The van der Waals surface area contributed by atoms with Gasteiger partial charge in [0.1, 0.15) is 0 Å². The van der Waals surface area contributed by atoms with Crippen LogP contribution in [-0.4, -0.2) is 4.57 Å². The summed E-state index contributed by atoms with van der Waals surface area (Å²) < 4.78 is 2.39. The highest BCUT2D eigenvalue weighted by Gasteiger charge is 2.19. The molecule has 332 valence electrons. The van der Waals surface area contributed by atoms with E-state index in [9.17, 15) is 0 Å².